The molecule has 3 aromatic rings. The standard InChI is InChI=1S/C19H19ClF4N6O.2H2/c1-9(2)18(3,17(31)28-8-19(22,23)24)30-16-13(21)7-27-15(29-16)12-6-26-14-11(12)4-10(20)5-25-14;;/h4-7,9H,8H2,1-3H3,(H,25,26)(H,28,31)(H,27,29,30);2*1H/t18-;;/m1../s1. The van der Waals surface area contributed by atoms with Gasteiger partial charge in [-0.05, 0) is 18.9 Å². The second-order valence-corrected chi connectivity index (χ2v) is 7.86. The van der Waals surface area contributed by atoms with Crippen molar-refractivity contribution in [3.05, 3.63) is 35.5 Å². The number of rotatable bonds is 6. The van der Waals surface area contributed by atoms with Gasteiger partial charge < -0.3 is 15.6 Å². The maximum Gasteiger partial charge on any atom is 0.405 e. The molecule has 3 rings (SSSR count). The SMILES string of the molecule is CC(C)[C@@](C)(Nc1nc(-c2c[nH]c3ncc(Cl)cc23)ncc1F)C(=O)NCC(F)(F)F.[HH].[HH]. The fourth-order valence-electron chi connectivity index (χ4n) is 2.82. The van der Waals surface area contributed by atoms with Gasteiger partial charge in [-0.3, -0.25) is 4.79 Å². The normalized spacial score (nSPS) is 14.0. The lowest BCUT2D eigenvalue weighted by Crippen LogP contribution is -2.55. The van der Waals surface area contributed by atoms with Crippen molar-refractivity contribution in [2.75, 3.05) is 11.9 Å². The average molecular weight is 463 g/mol. The predicted molar refractivity (Wildman–Crippen MR) is 112 cm³/mol. The largest absolute Gasteiger partial charge is 0.405 e. The first-order valence-corrected chi connectivity index (χ1v) is 9.57. The van der Waals surface area contributed by atoms with E-state index >= 15 is 0 Å². The van der Waals surface area contributed by atoms with Crippen LogP contribution in [0, 0.1) is 11.7 Å². The average Bonchev–Trinajstić information content (AvgIpc) is 3.10. The highest BCUT2D eigenvalue weighted by Gasteiger charge is 2.39. The number of halogens is 5. The van der Waals surface area contributed by atoms with Crippen molar-refractivity contribution in [1.82, 2.24) is 25.3 Å². The number of nitrogens with zero attached hydrogens (tertiary/aromatic N) is 3. The number of alkyl halides is 3. The van der Waals surface area contributed by atoms with Gasteiger partial charge in [-0.25, -0.2) is 19.3 Å². The molecule has 3 heterocycles. The van der Waals surface area contributed by atoms with Gasteiger partial charge in [-0.2, -0.15) is 13.2 Å². The molecule has 0 aliphatic heterocycles. The van der Waals surface area contributed by atoms with Gasteiger partial charge in [0.15, 0.2) is 17.5 Å². The van der Waals surface area contributed by atoms with E-state index in [-0.39, 0.29) is 14.5 Å². The fourth-order valence-corrected chi connectivity index (χ4v) is 2.98. The van der Waals surface area contributed by atoms with Crippen molar-refractivity contribution in [3.63, 3.8) is 0 Å². The van der Waals surface area contributed by atoms with Crippen LogP contribution in [0.1, 0.15) is 23.6 Å². The predicted octanol–water partition coefficient (Wildman–Crippen LogP) is 4.81. The summed E-state index contributed by atoms with van der Waals surface area (Å²) in [4.78, 5) is 27.7. The first kappa shape index (κ1) is 22.7. The highest BCUT2D eigenvalue weighted by molar-refractivity contribution is 6.31. The van der Waals surface area contributed by atoms with Crippen LogP contribution in [0.15, 0.2) is 24.7 Å². The maximum atomic E-state index is 14.5. The van der Waals surface area contributed by atoms with E-state index in [1.54, 1.807) is 26.1 Å². The molecule has 0 spiro atoms. The Balaban J connectivity index is 0.00000272. The zero-order chi connectivity index (χ0) is 23.0. The molecular weight excluding hydrogens is 440 g/mol. The number of carbonyl (C=O) groups excluding carboxylic acids is 1. The number of fused-ring (bicyclic) bond motifs is 1. The summed E-state index contributed by atoms with van der Waals surface area (Å²) in [6.07, 6.45) is -0.639. The van der Waals surface area contributed by atoms with Crippen molar-refractivity contribution >= 4 is 34.4 Å². The quantitative estimate of drug-likeness (QED) is 0.457. The summed E-state index contributed by atoms with van der Waals surface area (Å²) in [6.45, 7) is 3.11. The lowest BCUT2D eigenvalue weighted by atomic mass is 9.87. The summed E-state index contributed by atoms with van der Waals surface area (Å²) in [7, 11) is 0. The van der Waals surface area contributed by atoms with E-state index in [4.69, 9.17) is 11.6 Å². The molecule has 0 radical (unpaired) electrons. The monoisotopic (exact) mass is 462 g/mol. The Bertz CT molecular complexity index is 1130. The van der Waals surface area contributed by atoms with E-state index in [1.807, 2.05) is 5.32 Å². The molecule has 3 aromatic heterocycles. The van der Waals surface area contributed by atoms with Crippen LogP contribution in [0.3, 0.4) is 0 Å². The number of aromatic amines is 1. The third-order valence-electron chi connectivity index (χ3n) is 4.94. The van der Waals surface area contributed by atoms with E-state index in [1.165, 1.54) is 13.1 Å². The van der Waals surface area contributed by atoms with Crippen molar-refractivity contribution in [3.8, 4) is 11.4 Å². The van der Waals surface area contributed by atoms with Crippen LogP contribution in [0.4, 0.5) is 23.4 Å². The molecule has 0 bridgehead atoms. The number of aromatic nitrogens is 4. The Kier molecular flexibility index (Phi) is 6.08. The molecule has 0 aliphatic carbocycles. The summed E-state index contributed by atoms with van der Waals surface area (Å²) in [5.74, 6) is -2.53. The Morgan fingerprint density at radius 2 is 2.00 bits per heavy atom. The zero-order valence-electron chi connectivity index (χ0n) is 16.7. The van der Waals surface area contributed by atoms with Gasteiger partial charge >= 0.3 is 6.18 Å². The summed E-state index contributed by atoms with van der Waals surface area (Å²) < 4.78 is 52.1. The Hall–Kier alpha value is -2.95. The summed E-state index contributed by atoms with van der Waals surface area (Å²) in [5.41, 5.74) is -0.579. The van der Waals surface area contributed by atoms with Gasteiger partial charge in [0, 0.05) is 26.2 Å². The molecule has 0 aliphatic rings. The van der Waals surface area contributed by atoms with Gasteiger partial charge in [-0.1, -0.05) is 25.4 Å². The minimum absolute atomic E-state index is 0. The summed E-state index contributed by atoms with van der Waals surface area (Å²) in [6, 6.07) is 1.64. The van der Waals surface area contributed by atoms with E-state index in [2.05, 4.69) is 25.3 Å². The molecule has 0 unspecified atom stereocenters. The van der Waals surface area contributed by atoms with Gasteiger partial charge in [0.2, 0.25) is 5.91 Å². The molecule has 7 nitrogen and oxygen atoms in total. The van der Waals surface area contributed by atoms with Crippen molar-refractivity contribution < 1.29 is 25.2 Å². The van der Waals surface area contributed by atoms with E-state index < -0.39 is 35.9 Å². The van der Waals surface area contributed by atoms with Gasteiger partial charge in [0.05, 0.1) is 11.2 Å². The minimum atomic E-state index is -4.58. The second-order valence-electron chi connectivity index (χ2n) is 7.42. The molecule has 31 heavy (non-hydrogen) atoms. The van der Waals surface area contributed by atoms with Crippen LogP contribution < -0.4 is 10.6 Å². The van der Waals surface area contributed by atoms with Gasteiger partial charge in [-0.15, -0.1) is 0 Å². The zero-order valence-corrected chi connectivity index (χ0v) is 17.5. The lowest BCUT2D eigenvalue weighted by molar-refractivity contribution is -0.141. The van der Waals surface area contributed by atoms with Crippen molar-refractivity contribution in [1.29, 1.82) is 0 Å². The number of carbonyl (C=O) groups is 1. The second kappa shape index (κ2) is 8.29. The highest BCUT2D eigenvalue weighted by atomic mass is 35.5. The molecular formula is C19H23ClF4N6O. The number of hydrogen-bond donors (Lipinski definition) is 3. The van der Waals surface area contributed by atoms with Crippen molar-refractivity contribution in [2.45, 2.75) is 32.5 Å². The van der Waals surface area contributed by atoms with Crippen LogP contribution in [-0.2, 0) is 4.79 Å². The maximum absolute atomic E-state index is 14.5. The summed E-state index contributed by atoms with van der Waals surface area (Å²) in [5, 5.41) is 5.47. The van der Waals surface area contributed by atoms with E-state index in [0.717, 1.165) is 6.20 Å². The molecule has 170 valence electrons. The van der Waals surface area contributed by atoms with E-state index in [9.17, 15) is 22.4 Å². The Morgan fingerprint density at radius 1 is 1.29 bits per heavy atom. The first-order chi connectivity index (χ1) is 14.4. The smallest absolute Gasteiger partial charge is 0.353 e. The van der Waals surface area contributed by atoms with Crippen LogP contribution in [0.2, 0.25) is 5.02 Å². The molecule has 0 fully saturated rings. The van der Waals surface area contributed by atoms with Gasteiger partial charge in [0.1, 0.15) is 17.7 Å². The summed E-state index contributed by atoms with van der Waals surface area (Å²) >= 11 is 6.00. The molecule has 1 amide bonds. The molecule has 3 N–H and O–H groups in total. The number of anilines is 1. The fraction of sp³-hybridized carbons (Fsp3) is 0.368. The first-order valence-electron chi connectivity index (χ1n) is 9.19. The Labute approximate surface area is 182 Å². The third-order valence-corrected chi connectivity index (χ3v) is 5.14. The molecule has 12 heteroatoms. The Morgan fingerprint density at radius 3 is 2.65 bits per heavy atom. The number of hydrogen-bond acceptors (Lipinski definition) is 5. The van der Waals surface area contributed by atoms with Crippen LogP contribution in [-0.4, -0.2) is 44.1 Å². The number of H-pyrrole nitrogens is 1. The molecule has 0 aromatic carbocycles. The van der Waals surface area contributed by atoms with Crippen molar-refractivity contribution in [2.24, 2.45) is 5.92 Å². The topological polar surface area (TPSA) is 95.6 Å². The lowest BCUT2D eigenvalue weighted by Gasteiger charge is -2.34. The number of amides is 1. The molecule has 1 atom stereocenters. The van der Waals surface area contributed by atoms with Crippen LogP contribution in [0.5, 0.6) is 0 Å². The number of pyridine rings is 1. The van der Waals surface area contributed by atoms with E-state index in [0.29, 0.717) is 21.6 Å². The van der Waals surface area contributed by atoms with Gasteiger partial charge in [0.25, 0.3) is 0 Å². The third kappa shape index (κ3) is 4.87. The highest BCUT2D eigenvalue weighted by Crippen LogP contribution is 2.30. The molecule has 0 saturated heterocycles. The van der Waals surface area contributed by atoms with Crippen LogP contribution >= 0.6 is 11.6 Å². The van der Waals surface area contributed by atoms with Crippen LogP contribution in [0.25, 0.3) is 22.4 Å². The molecule has 0 saturated carbocycles. The number of nitrogens with one attached hydrogen (secondary N) is 3. The minimum Gasteiger partial charge on any atom is -0.353 e.